The standard InChI is InChI=1S/C24H25ClN4O2S/c1-14(2)13-29-15(3)20(21(26-24(29)30)16-8-10-19(32-4)11-9-16)23-27-22(28-31-23)17-6-5-7-18(25)12-17/h5-12,14,21H,13H2,1-4H3,(H,26,30). The Morgan fingerprint density at radius 1 is 1.22 bits per heavy atom. The van der Waals surface area contributed by atoms with E-state index in [0.29, 0.717) is 29.2 Å². The molecule has 2 heterocycles. The topological polar surface area (TPSA) is 71.3 Å². The highest BCUT2D eigenvalue weighted by molar-refractivity contribution is 7.98. The average Bonchev–Trinajstić information content (AvgIpc) is 3.26. The number of nitrogens with zero attached hydrogens (tertiary/aromatic N) is 3. The van der Waals surface area contributed by atoms with Crippen LogP contribution in [0.25, 0.3) is 17.0 Å². The second-order valence-electron chi connectivity index (χ2n) is 8.09. The summed E-state index contributed by atoms with van der Waals surface area (Å²) < 4.78 is 5.71. The minimum absolute atomic E-state index is 0.131. The molecule has 8 heteroatoms. The Morgan fingerprint density at radius 3 is 2.62 bits per heavy atom. The van der Waals surface area contributed by atoms with Gasteiger partial charge in [0, 0.05) is 27.7 Å². The van der Waals surface area contributed by atoms with Crippen LogP contribution in [0.3, 0.4) is 0 Å². The molecule has 2 aromatic carbocycles. The Hall–Kier alpha value is -2.77. The van der Waals surface area contributed by atoms with E-state index in [1.54, 1.807) is 28.8 Å². The molecule has 6 nitrogen and oxygen atoms in total. The molecule has 32 heavy (non-hydrogen) atoms. The summed E-state index contributed by atoms with van der Waals surface area (Å²) in [4.78, 5) is 20.6. The monoisotopic (exact) mass is 468 g/mol. The van der Waals surface area contributed by atoms with E-state index in [4.69, 9.17) is 16.1 Å². The number of nitrogens with one attached hydrogen (secondary N) is 1. The molecule has 0 fully saturated rings. The summed E-state index contributed by atoms with van der Waals surface area (Å²) in [5.74, 6) is 1.14. The molecule has 0 aliphatic carbocycles. The lowest BCUT2D eigenvalue weighted by atomic mass is 9.94. The lowest BCUT2D eigenvalue weighted by molar-refractivity contribution is 0.199. The fourth-order valence-corrected chi connectivity index (χ4v) is 4.37. The molecule has 1 unspecified atom stereocenters. The molecule has 1 N–H and O–H groups in total. The van der Waals surface area contributed by atoms with Crippen LogP contribution in [0.15, 0.2) is 63.6 Å². The Labute approximate surface area is 197 Å². The summed E-state index contributed by atoms with van der Waals surface area (Å²) in [6.07, 6.45) is 2.03. The summed E-state index contributed by atoms with van der Waals surface area (Å²) in [6, 6.07) is 14.9. The van der Waals surface area contributed by atoms with Crippen molar-refractivity contribution < 1.29 is 9.32 Å². The first kappa shape index (κ1) is 22.4. The van der Waals surface area contributed by atoms with Gasteiger partial charge in [0.2, 0.25) is 5.82 Å². The molecule has 0 spiro atoms. The minimum atomic E-state index is -0.394. The van der Waals surface area contributed by atoms with Crippen molar-refractivity contribution in [2.24, 2.45) is 5.92 Å². The van der Waals surface area contributed by atoms with Crippen molar-refractivity contribution >= 4 is 35.0 Å². The third kappa shape index (κ3) is 4.54. The highest BCUT2D eigenvalue weighted by Gasteiger charge is 2.35. The quantitative estimate of drug-likeness (QED) is 0.432. The first-order valence-corrected chi connectivity index (χ1v) is 12.0. The lowest BCUT2D eigenvalue weighted by Gasteiger charge is -2.36. The van der Waals surface area contributed by atoms with Gasteiger partial charge < -0.3 is 9.84 Å². The number of carbonyl (C=O) groups is 1. The van der Waals surface area contributed by atoms with E-state index in [1.165, 1.54) is 0 Å². The molecular weight excluding hydrogens is 444 g/mol. The highest BCUT2D eigenvalue weighted by atomic mass is 35.5. The number of hydrogen-bond acceptors (Lipinski definition) is 5. The van der Waals surface area contributed by atoms with E-state index < -0.39 is 6.04 Å². The molecule has 2 amide bonds. The third-order valence-electron chi connectivity index (χ3n) is 5.33. The lowest BCUT2D eigenvalue weighted by Crippen LogP contribution is -2.47. The van der Waals surface area contributed by atoms with Crippen LogP contribution >= 0.6 is 23.4 Å². The number of amides is 2. The number of thioether (sulfide) groups is 1. The summed E-state index contributed by atoms with van der Waals surface area (Å²) in [5.41, 5.74) is 3.33. The van der Waals surface area contributed by atoms with Crippen molar-refractivity contribution in [2.45, 2.75) is 31.7 Å². The summed E-state index contributed by atoms with van der Waals surface area (Å²) in [5, 5.41) is 7.92. The number of hydrogen-bond donors (Lipinski definition) is 1. The molecular formula is C24H25ClN4O2S. The van der Waals surface area contributed by atoms with E-state index in [2.05, 4.69) is 29.3 Å². The van der Waals surface area contributed by atoms with Crippen molar-refractivity contribution in [3.63, 3.8) is 0 Å². The van der Waals surface area contributed by atoms with Gasteiger partial charge in [0.1, 0.15) is 0 Å². The molecule has 1 aromatic heterocycles. The van der Waals surface area contributed by atoms with Gasteiger partial charge in [-0.05, 0) is 48.9 Å². The van der Waals surface area contributed by atoms with Gasteiger partial charge in [-0.3, -0.25) is 4.90 Å². The zero-order valence-electron chi connectivity index (χ0n) is 18.4. The Morgan fingerprint density at radius 2 is 1.97 bits per heavy atom. The molecule has 1 aliphatic heterocycles. The van der Waals surface area contributed by atoms with Crippen LogP contribution in [0.1, 0.15) is 38.3 Å². The van der Waals surface area contributed by atoms with Crippen LogP contribution in [0.5, 0.6) is 0 Å². The zero-order chi connectivity index (χ0) is 22.8. The molecule has 1 aliphatic rings. The second kappa shape index (κ2) is 9.38. The fourth-order valence-electron chi connectivity index (χ4n) is 3.77. The molecule has 0 saturated carbocycles. The van der Waals surface area contributed by atoms with E-state index in [0.717, 1.165) is 27.3 Å². The molecule has 0 saturated heterocycles. The minimum Gasteiger partial charge on any atom is -0.334 e. The number of allylic oxidation sites excluding steroid dienone is 1. The number of rotatable bonds is 6. The van der Waals surface area contributed by atoms with Crippen LogP contribution < -0.4 is 5.32 Å². The maximum Gasteiger partial charge on any atom is 0.322 e. The predicted molar refractivity (Wildman–Crippen MR) is 128 cm³/mol. The van der Waals surface area contributed by atoms with Crippen molar-refractivity contribution in [1.82, 2.24) is 20.4 Å². The highest BCUT2D eigenvalue weighted by Crippen LogP contribution is 2.38. The molecule has 0 radical (unpaired) electrons. The normalized spacial score (nSPS) is 16.6. The van der Waals surface area contributed by atoms with Gasteiger partial charge in [-0.2, -0.15) is 4.98 Å². The van der Waals surface area contributed by atoms with E-state index in [9.17, 15) is 4.79 Å². The average molecular weight is 469 g/mol. The number of aromatic nitrogens is 2. The summed E-state index contributed by atoms with van der Waals surface area (Å²) in [7, 11) is 0. The summed E-state index contributed by atoms with van der Waals surface area (Å²) in [6.45, 7) is 6.69. The van der Waals surface area contributed by atoms with Crippen LogP contribution in [0, 0.1) is 5.92 Å². The zero-order valence-corrected chi connectivity index (χ0v) is 20.0. The Balaban J connectivity index is 1.80. The van der Waals surface area contributed by atoms with E-state index >= 15 is 0 Å². The van der Waals surface area contributed by atoms with Gasteiger partial charge in [0.25, 0.3) is 5.89 Å². The van der Waals surface area contributed by atoms with E-state index in [-0.39, 0.29) is 6.03 Å². The maximum absolute atomic E-state index is 13.0. The van der Waals surface area contributed by atoms with Crippen molar-refractivity contribution in [3.05, 3.63) is 70.7 Å². The molecule has 166 valence electrons. The van der Waals surface area contributed by atoms with Gasteiger partial charge in [0.05, 0.1) is 11.6 Å². The van der Waals surface area contributed by atoms with Crippen LogP contribution in [0.2, 0.25) is 5.02 Å². The predicted octanol–water partition coefficient (Wildman–Crippen LogP) is 6.27. The smallest absolute Gasteiger partial charge is 0.322 e. The Bertz CT molecular complexity index is 1160. The Kier molecular flexibility index (Phi) is 6.58. The SMILES string of the molecule is CSc1ccc(C2NC(=O)N(CC(C)C)C(C)=C2c2nc(-c3cccc(Cl)c3)no2)cc1. The number of halogens is 1. The number of urea groups is 1. The maximum atomic E-state index is 13.0. The van der Waals surface area contributed by atoms with Gasteiger partial charge in [-0.25, -0.2) is 4.79 Å². The largest absolute Gasteiger partial charge is 0.334 e. The summed E-state index contributed by atoms with van der Waals surface area (Å²) >= 11 is 7.81. The van der Waals surface area contributed by atoms with Crippen LogP contribution in [-0.2, 0) is 0 Å². The van der Waals surface area contributed by atoms with Crippen molar-refractivity contribution in [3.8, 4) is 11.4 Å². The molecule has 4 rings (SSSR count). The van der Waals surface area contributed by atoms with Gasteiger partial charge in [-0.1, -0.05) is 54.9 Å². The first-order valence-electron chi connectivity index (χ1n) is 10.4. The molecule has 3 aromatic rings. The van der Waals surface area contributed by atoms with Crippen molar-refractivity contribution in [2.75, 3.05) is 12.8 Å². The number of carbonyl (C=O) groups excluding carboxylic acids is 1. The first-order chi connectivity index (χ1) is 15.4. The third-order valence-corrected chi connectivity index (χ3v) is 6.31. The van der Waals surface area contributed by atoms with Gasteiger partial charge in [-0.15, -0.1) is 11.8 Å². The molecule has 1 atom stereocenters. The van der Waals surface area contributed by atoms with Crippen molar-refractivity contribution in [1.29, 1.82) is 0 Å². The van der Waals surface area contributed by atoms with E-state index in [1.807, 2.05) is 49.6 Å². The molecule has 0 bridgehead atoms. The van der Waals surface area contributed by atoms with Crippen LogP contribution in [0.4, 0.5) is 4.79 Å². The van der Waals surface area contributed by atoms with Gasteiger partial charge >= 0.3 is 6.03 Å². The fraction of sp³-hybridized carbons (Fsp3) is 0.292. The number of benzene rings is 2. The van der Waals surface area contributed by atoms with Crippen LogP contribution in [-0.4, -0.2) is 33.9 Å². The van der Waals surface area contributed by atoms with Gasteiger partial charge in [0.15, 0.2) is 0 Å². The second-order valence-corrected chi connectivity index (χ2v) is 9.41.